The van der Waals surface area contributed by atoms with Crippen molar-refractivity contribution >= 4 is 56.8 Å². The fourth-order valence-electron chi connectivity index (χ4n) is 3.43. The van der Waals surface area contributed by atoms with Gasteiger partial charge in [-0.3, -0.25) is 4.79 Å². The molecule has 27 heavy (non-hydrogen) atoms. The highest BCUT2D eigenvalue weighted by Gasteiger charge is 2.23. The van der Waals surface area contributed by atoms with Gasteiger partial charge in [-0.1, -0.05) is 0 Å². The average Bonchev–Trinajstić information content (AvgIpc) is 2.63. The summed E-state index contributed by atoms with van der Waals surface area (Å²) in [4.78, 5) is 11.4. The van der Waals surface area contributed by atoms with Gasteiger partial charge in [0.05, 0.1) is 19.9 Å². The number of hydrogen-bond donors (Lipinski definition) is 2. The molecule has 2 aromatic carbocycles. The molecule has 144 valence electrons. The van der Waals surface area contributed by atoms with E-state index < -0.39 is 0 Å². The number of benzene rings is 2. The maximum Gasteiger partial charge on any atom is 0.221 e. The molecule has 2 N–H and O–H groups in total. The number of rotatable bonds is 5. The van der Waals surface area contributed by atoms with E-state index in [1.54, 1.807) is 14.2 Å². The number of carbonyl (C=O) groups is 1. The zero-order valence-electron chi connectivity index (χ0n) is 15.5. The maximum atomic E-state index is 11.4. The molecule has 0 radical (unpaired) electrons. The minimum Gasteiger partial charge on any atom is -0.493 e. The molecule has 0 fully saturated rings. The van der Waals surface area contributed by atoms with E-state index in [4.69, 9.17) is 9.47 Å². The third kappa shape index (κ3) is 4.68. The van der Waals surface area contributed by atoms with E-state index in [0.717, 1.165) is 43.7 Å². The Bertz CT molecular complexity index is 848. The third-order valence-electron chi connectivity index (χ3n) is 4.65. The van der Waals surface area contributed by atoms with Gasteiger partial charge in [-0.05, 0) is 106 Å². The molecule has 7 heteroatoms. The molecule has 0 saturated carbocycles. The number of ether oxygens (including phenoxy) is 2. The molecule has 0 aromatic heterocycles. The number of methoxy groups -OCH3 is 2. The molecule has 2 aromatic rings. The van der Waals surface area contributed by atoms with Gasteiger partial charge in [0, 0.05) is 20.1 Å². The first-order valence-corrected chi connectivity index (χ1v) is 10.8. The SMILES string of the molecule is COc1cc2c(cc1OC)[C@H](Cc1cc(I)c(NC(C)=O)c(I)c1)NCC2. The molecule has 3 rings (SSSR count). The lowest BCUT2D eigenvalue weighted by molar-refractivity contribution is -0.114. The molecule has 1 aliphatic rings. The second-order valence-corrected chi connectivity index (χ2v) is 8.81. The Balaban J connectivity index is 1.91. The molecule has 1 heterocycles. The van der Waals surface area contributed by atoms with E-state index in [9.17, 15) is 4.79 Å². The van der Waals surface area contributed by atoms with Crippen LogP contribution in [0.15, 0.2) is 24.3 Å². The van der Waals surface area contributed by atoms with Crippen molar-refractivity contribution in [1.82, 2.24) is 5.32 Å². The Morgan fingerprint density at radius 1 is 1.15 bits per heavy atom. The zero-order valence-corrected chi connectivity index (χ0v) is 19.8. The monoisotopic (exact) mass is 592 g/mol. The van der Waals surface area contributed by atoms with Gasteiger partial charge < -0.3 is 20.1 Å². The van der Waals surface area contributed by atoms with Crippen LogP contribution in [0.25, 0.3) is 0 Å². The van der Waals surface area contributed by atoms with Crippen molar-refractivity contribution < 1.29 is 14.3 Å². The lowest BCUT2D eigenvalue weighted by Crippen LogP contribution is -2.31. The fourth-order valence-corrected chi connectivity index (χ4v) is 5.59. The Hall–Kier alpha value is -1.07. The largest absolute Gasteiger partial charge is 0.493 e. The molecular formula is C20H22I2N2O3. The molecule has 0 spiro atoms. The Morgan fingerprint density at radius 3 is 2.37 bits per heavy atom. The molecule has 1 amide bonds. The molecule has 0 saturated heterocycles. The van der Waals surface area contributed by atoms with E-state index in [1.807, 2.05) is 0 Å². The number of amides is 1. The van der Waals surface area contributed by atoms with Crippen molar-refractivity contribution in [2.24, 2.45) is 0 Å². The van der Waals surface area contributed by atoms with Gasteiger partial charge >= 0.3 is 0 Å². The van der Waals surface area contributed by atoms with E-state index in [0.29, 0.717) is 0 Å². The van der Waals surface area contributed by atoms with Crippen LogP contribution >= 0.6 is 45.2 Å². The van der Waals surface area contributed by atoms with Gasteiger partial charge in [0.25, 0.3) is 0 Å². The lowest BCUT2D eigenvalue weighted by Gasteiger charge is -2.28. The molecular weight excluding hydrogens is 570 g/mol. The highest BCUT2D eigenvalue weighted by atomic mass is 127. The standard InChI is InChI=1S/C20H22I2N2O3/c1-11(25)24-20-15(21)6-12(7-16(20)22)8-17-14-10-19(27-3)18(26-2)9-13(14)4-5-23-17/h6-7,9-10,17,23H,4-5,8H2,1-3H3,(H,24,25)/t17-/m0/s1. The number of anilines is 1. The smallest absolute Gasteiger partial charge is 0.221 e. The van der Waals surface area contributed by atoms with Crippen molar-refractivity contribution in [2.45, 2.75) is 25.8 Å². The van der Waals surface area contributed by atoms with Crippen LogP contribution in [-0.4, -0.2) is 26.7 Å². The normalized spacial score (nSPS) is 15.8. The van der Waals surface area contributed by atoms with Crippen molar-refractivity contribution in [2.75, 3.05) is 26.1 Å². The van der Waals surface area contributed by atoms with Crippen LogP contribution in [0, 0.1) is 7.14 Å². The highest BCUT2D eigenvalue weighted by molar-refractivity contribution is 14.1. The molecule has 0 unspecified atom stereocenters. The third-order valence-corrected chi connectivity index (χ3v) is 6.35. The Labute approximate surface area is 186 Å². The van der Waals surface area contributed by atoms with Crippen molar-refractivity contribution in [3.63, 3.8) is 0 Å². The highest BCUT2D eigenvalue weighted by Crippen LogP contribution is 2.37. The van der Waals surface area contributed by atoms with Crippen LogP contribution < -0.4 is 20.1 Å². The predicted molar refractivity (Wildman–Crippen MR) is 124 cm³/mol. The summed E-state index contributed by atoms with van der Waals surface area (Å²) in [6.07, 6.45) is 1.84. The fraction of sp³-hybridized carbons (Fsp3) is 0.350. The van der Waals surface area contributed by atoms with Crippen LogP contribution in [0.5, 0.6) is 11.5 Å². The number of hydrogen-bond acceptors (Lipinski definition) is 4. The van der Waals surface area contributed by atoms with Gasteiger partial charge in [0.15, 0.2) is 11.5 Å². The minimum absolute atomic E-state index is 0.0532. The quantitative estimate of drug-likeness (QED) is 0.509. The molecule has 1 atom stereocenters. The Morgan fingerprint density at radius 2 is 1.78 bits per heavy atom. The topological polar surface area (TPSA) is 59.6 Å². The summed E-state index contributed by atoms with van der Waals surface area (Å²) in [5.74, 6) is 1.48. The Kier molecular flexibility index (Phi) is 6.85. The first-order chi connectivity index (χ1) is 12.9. The predicted octanol–water partition coefficient (Wildman–Crippen LogP) is 4.30. The molecule has 0 aliphatic carbocycles. The summed E-state index contributed by atoms with van der Waals surface area (Å²) >= 11 is 4.57. The number of halogens is 2. The van der Waals surface area contributed by atoms with Gasteiger partial charge in [-0.15, -0.1) is 0 Å². The second kappa shape index (κ2) is 8.95. The van der Waals surface area contributed by atoms with E-state index >= 15 is 0 Å². The van der Waals surface area contributed by atoms with Gasteiger partial charge in [-0.2, -0.15) is 0 Å². The lowest BCUT2D eigenvalue weighted by atomic mass is 9.90. The van der Waals surface area contributed by atoms with E-state index in [1.165, 1.54) is 23.6 Å². The van der Waals surface area contributed by atoms with Crippen LogP contribution in [-0.2, 0) is 17.6 Å². The molecule has 1 aliphatic heterocycles. The van der Waals surface area contributed by atoms with Crippen LogP contribution in [0.1, 0.15) is 29.7 Å². The van der Waals surface area contributed by atoms with Crippen LogP contribution in [0.3, 0.4) is 0 Å². The molecule has 0 bridgehead atoms. The average molecular weight is 592 g/mol. The minimum atomic E-state index is -0.0532. The van der Waals surface area contributed by atoms with Crippen LogP contribution in [0.2, 0.25) is 0 Å². The van der Waals surface area contributed by atoms with Crippen LogP contribution in [0.4, 0.5) is 5.69 Å². The van der Waals surface area contributed by atoms with Crippen molar-refractivity contribution in [3.8, 4) is 11.5 Å². The van der Waals surface area contributed by atoms with Gasteiger partial charge in [-0.25, -0.2) is 0 Å². The van der Waals surface area contributed by atoms with Crippen molar-refractivity contribution in [3.05, 3.63) is 48.1 Å². The maximum absolute atomic E-state index is 11.4. The van der Waals surface area contributed by atoms with E-state index in [2.05, 4.69) is 80.1 Å². The summed E-state index contributed by atoms with van der Waals surface area (Å²) in [6.45, 7) is 2.47. The first-order valence-electron chi connectivity index (χ1n) is 8.66. The van der Waals surface area contributed by atoms with Gasteiger partial charge in [0.1, 0.15) is 0 Å². The summed E-state index contributed by atoms with van der Waals surface area (Å²) < 4.78 is 13.0. The summed E-state index contributed by atoms with van der Waals surface area (Å²) in [7, 11) is 3.34. The first kappa shape index (κ1) is 20.7. The van der Waals surface area contributed by atoms with Gasteiger partial charge in [0.2, 0.25) is 5.91 Å². The van der Waals surface area contributed by atoms with Crippen molar-refractivity contribution in [1.29, 1.82) is 0 Å². The summed E-state index contributed by atoms with van der Waals surface area (Å²) in [5, 5.41) is 6.54. The number of nitrogens with one attached hydrogen (secondary N) is 2. The summed E-state index contributed by atoms with van der Waals surface area (Å²) in [6, 6.07) is 8.68. The second-order valence-electron chi connectivity index (χ2n) is 6.48. The van der Waals surface area contributed by atoms with E-state index in [-0.39, 0.29) is 11.9 Å². The summed E-state index contributed by atoms with van der Waals surface area (Å²) in [5.41, 5.74) is 4.68. The number of fused-ring (bicyclic) bond motifs is 1. The molecule has 5 nitrogen and oxygen atoms in total. The zero-order chi connectivity index (χ0) is 19.6. The number of carbonyl (C=O) groups excluding carboxylic acids is 1.